The zero-order chi connectivity index (χ0) is 21.5. The molecule has 0 bridgehead atoms. The van der Waals surface area contributed by atoms with Gasteiger partial charge in [-0.2, -0.15) is 0 Å². The highest BCUT2D eigenvalue weighted by atomic mass is 16.3. The van der Waals surface area contributed by atoms with E-state index in [-0.39, 0.29) is 0 Å². The molecule has 156 valence electrons. The van der Waals surface area contributed by atoms with E-state index in [0.717, 1.165) is 23.0 Å². The number of hydrogen-bond donors (Lipinski definition) is 1. The third-order valence-corrected chi connectivity index (χ3v) is 6.64. The van der Waals surface area contributed by atoms with Crippen molar-refractivity contribution in [2.45, 2.75) is 25.7 Å². The van der Waals surface area contributed by atoms with E-state index in [4.69, 9.17) is 4.42 Å². The average molecular weight is 417 g/mol. The van der Waals surface area contributed by atoms with Gasteiger partial charge in [-0.15, -0.1) is 0 Å². The van der Waals surface area contributed by atoms with Crippen molar-refractivity contribution in [2.75, 3.05) is 0 Å². The fourth-order valence-electron chi connectivity index (χ4n) is 5.11. The van der Waals surface area contributed by atoms with Gasteiger partial charge in [-0.1, -0.05) is 72.3 Å². The van der Waals surface area contributed by atoms with Gasteiger partial charge in [0.15, 0.2) is 0 Å². The van der Waals surface area contributed by atoms with Crippen LogP contribution in [0, 0.1) is 0 Å². The summed E-state index contributed by atoms with van der Waals surface area (Å²) in [6, 6.07) is 26.3. The fourth-order valence-corrected chi connectivity index (χ4v) is 5.11. The molecule has 32 heavy (non-hydrogen) atoms. The Kier molecular flexibility index (Phi) is 4.57. The first-order chi connectivity index (χ1) is 15.8. The summed E-state index contributed by atoms with van der Waals surface area (Å²) in [5.41, 5.74) is 7.83. The molecule has 1 aromatic heterocycles. The van der Waals surface area contributed by atoms with Crippen molar-refractivity contribution in [1.82, 2.24) is 0 Å². The third kappa shape index (κ3) is 3.20. The Labute approximate surface area is 187 Å². The highest BCUT2D eigenvalue weighted by Gasteiger charge is 2.20. The summed E-state index contributed by atoms with van der Waals surface area (Å²) >= 11 is 0. The SMILES string of the molecule is Oc1ccc2c3c(ccc2c1)C1=C(CCC=C1)CC3.c1ccc2c(c1)oc1ccccc12. The molecule has 0 amide bonds. The lowest BCUT2D eigenvalue weighted by Crippen LogP contribution is -2.06. The lowest BCUT2D eigenvalue weighted by molar-refractivity contribution is 0.476. The van der Waals surface area contributed by atoms with Crippen LogP contribution in [0.3, 0.4) is 0 Å². The summed E-state index contributed by atoms with van der Waals surface area (Å²) in [7, 11) is 0. The number of phenolic OH excluding ortho intramolecular Hbond substituents is 1. The lowest BCUT2D eigenvalue weighted by atomic mass is 9.79. The molecule has 0 saturated heterocycles. The lowest BCUT2D eigenvalue weighted by Gasteiger charge is -2.25. The van der Waals surface area contributed by atoms with Crippen LogP contribution in [0.4, 0.5) is 0 Å². The minimum atomic E-state index is 0.348. The van der Waals surface area contributed by atoms with E-state index in [1.54, 1.807) is 11.6 Å². The normalized spacial score (nSPS) is 14.9. The number of allylic oxidation sites excluding steroid dienone is 4. The first-order valence-corrected chi connectivity index (χ1v) is 11.3. The van der Waals surface area contributed by atoms with Gasteiger partial charge in [0.2, 0.25) is 0 Å². The summed E-state index contributed by atoms with van der Waals surface area (Å²) < 4.78 is 5.65. The van der Waals surface area contributed by atoms with E-state index in [9.17, 15) is 5.11 Å². The topological polar surface area (TPSA) is 33.4 Å². The number of rotatable bonds is 0. The Balaban J connectivity index is 0.000000131. The van der Waals surface area contributed by atoms with E-state index in [1.807, 2.05) is 42.5 Å². The largest absolute Gasteiger partial charge is 0.508 e. The van der Waals surface area contributed by atoms with Gasteiger partial charge in [0, 0.05) is 10.8 Å². The number of phenols is 1. The smallest absolute Gasteiger partial charge is 0.135 e. The Bertz CT molecular complexity index is 1480. The number of fused-ring (bicyclic) bond motifs is 7. The highest BCUT2D eigenvalue weighted by molar-refractivity contribution is 6.04. The standard InChI is InChI=1S/C18H16O.C12H8O/c19-14-7-10-16-13(11-14)6-9-17-15-4-2-1-3-12(15)5-8-18(16)17;1-3-7-11-9(5-1)10-6-2-4-8-12(10)13-11/h2,4,6-7,9-11,19H,1,3,5,8H2;1-8H. The number of benzene rings is 4. The van der Waals surface area contributed by atoms with Crippen molar-refractivity contribution in [3.8, 4) is 5.75 Å². The quantitative estimate of drug-likeness (QED) is 0.276. The number of hydrogen-bond acceptors (Lipinski definition) is 2. The number of para-hydroxylation sites is 2. The third-order valence-electron chi connectivity index (χ3n) is 6.64. The Morgan fingerprint density at radius 3 is 2.22 bits per heavy atom. The predicted octanol–water partition coefficient (Wildman–Crippen LogP) is 8.18. The molecule has 2 heteroatoms. The van der Waals surface area contributed by atoms with Crippen molar-refractivity contribution in [3.63, 3.8) is 0 Å². The van der Waals surface area contributed by atoms with Crippen LogP contribution >= 0.6 is 0 Å². The number of aryl methyl sites for hydroxylation is 1. The molecule has 1 heterocycles. The van der Waals surface area contributed by atoms with Gasteiger partial charge in [0.05, 0.1) is 0 Å². The molecule has 0 fully saturated rings. The van der Waals surface area contributed by atoms with Gasteiger partial charge in [-0.3, -0.25) is 0 Å². The molecule has 0 radical (unpaired) electrons. The van der Waals surface area contributed by atoms with E-state index in [1.165, 1.54) is 52.1 Å². The zero-order valence-electron chi connectivity index (χ0n) is 17.8. The maximum Gasteiger partial charge on any atom is 0.135 e. The average Bonchev–Trinajstić information content (AvgIpc) is 3.22. The Hall–Kier alpha value is -3.78. The van der Waals surface area contributed by atoms with Crippen LogP contribution in [-0.2, 0) is 6.42 Å². The Morgan fingerprint density at radius 2 is 1.44 bits per heavy atom. The molecule has 2 aliphatic carbocycles. The van der Waals surface area contributed by atoms with Crippen LogP contribution in [0.15, 0.2) is 101 Å². The molecule has 2 aliphatic rings. The summed E-state index contributed by atoms with van der Waals surface area (Å²) in [6.07, 6.45) is 9.31. The summed E-state index contributed by atoms with van der Waals surface area (Å²) in [6.45, 7) is 0. The molecule has 4 aromatic carbocycles. The predicted molar refractivity (Wildman–Crippen MR) is 133 cm³/mol. The van der Waals surface area contributed by atoms with Gasteiger partial charge >= 0.3 is 0 Å². The molecule has 7 rings (SSSR count). The summed E-state index contributed by atoms with van der Waals surface area (Å²) in [5.74, 6) is 0.348. The van der Waals surface area contributed by atoms with Crippen molar-refractivity contribution < 1.29 is 9.52 Å². The van der Waals surface area contributed by atoms with Crippen LogP contribution in [0.2, 0.25) is 0 Å². The number of furan rings is 1. The monoisotopic (exact) mass is 416 g/mol. The summed E-state index contributed by atoms with van der Waals surface area (Å²) in [4.78, 5) is 0. The van der Waals surface area contributed by atoms with Crippen molar-refractivity contribution in [3.05, 3.63) is 108 Å². The maximum absolute atomic E-state index is 9.60. The van der Waals surface area contributed by atoms with Crippen molar-refractivity contribution >= 4 is 38.3 Å². The van der Waals surface area contributed by atoms with Gasteiger partial charge in [-0.05, 0) is 77.4 Å². The highest BCUT2D eigenvalue weighted by Crippen LogP contribution is 2.40. The molecular formula is C30H24O2. The minimum Gasteiger partial charge on any atom is -0.508 e. The molecular weight excluding hydrogens is 392 g/mol. The molecule has 0 aliphatic heterocycles. The second kappa shape index (κ2) is 7.72. The van der Waals surface area contributed by atoms with Crippen molar-refractivity contribution in [1.29, 1.82) is 0 Å². The van der Waals surface area contributed by atoms with Gasteiger partial charge < -0.3 is 9.52 Å². The van der Waals surface area contributed by atoms with Crippen LogP contribution in [-0.4, -0.2) is 5.11 Å². The Morgan fingerprint density at radius 1 is 0.688 bits per heavy atom. The zero-order valence-corrected chi connectivity index (χ0v) is 17.8. The van der Waals surface area contributed by atoms with Crippen LogP contribution in [0.1, 0.15) is 30.4 Å². The van der Waals surface area contributed by atoms with Crippen LogP contribution < -0.4 is 0 Å². The van der Waals surface area contributed by atoms with E-state index < -0.39 is 0 Å². The maximum atomic E-state index is 9.60. The fraction of sp³-hybridized carbons (Fsp3) is 0.133. The molecule has 0 unspecified atom stereocenters. The number of aromatic hydroxyl groups is 1. The van der Waals surface area contributed by atoms with Crippen LogP contribution in [0.5, 0.6) is 5.75 Å². The van der Waals surface area contributed by atoms with Gasteiger partial charge in [-0.25, -0.2) is 0 Å². The first-order valence-electron chi connectivity index (χ1n) is 11.3. The van der Waals surface area contributed by atoms with E-state index in [0.29, 0.717) is 5.75 Å². The minimum absolute atomic E-state index is 0.348. The van der Waals surface area contributed by atoms with Crippen molar-refractivity contribution in [2.24, 2.45) is 0 Å². The van der Waals surface area contributed by atoms with E-state index >= 15 is 0 Å². The van der Waals surface area contributed by atoms with Gasteiger partial charge in [0.1, 0.15) is 16.9 Å². The molecule has 0 saturated carbocycles. The van der Waals surface area contributed by atoms with E-state index in [2.05, 4.69) is 42.5 Å². The molecule has 2 nitrogen and oxygen atoms in total. The molecule has 0 spiro atoms. The van der Waals surface area contributed by atoms with Crippen LogP contribution in [0.25, 0.3) is 38.3 Å². The second-order valence-electron chi connectivity index (χ2n) is 8.55. The summed E-state index contributed by atoms with van der Waals surface area (Å²) in [5, 5.41) is 14.4. The molecule has 1 N–H and O–H groups in total. The van der Waals surface area contributed by atoms with Gasteiger partial charge in [0.25, 0.3) is 0 Å². The molecule has 5 aromatic rings. The molecule has 0 atom stereocenters. The first kappa shape index (κ1) is 18.9. The second-order valence-corrected chi connectivity index (χ2v) is 8.55.